The highest BCUT2D eigenvalue weighted by molar-refractivity contribution is 7.98. The van der Waals surface area contributed by atoms with Crippen LogP contribution in [-0.4, -0.2) is 26.0 Å². The van der Waals surface area contributed by atoms with Crippen molar-refractivity contribution >= 4 is 17.6 Å². The number of aromatic nitrogens is 4. The first-order valence-electron chi connectivity index (χ1n) is 5.06. The third-order valence-corrected chi connectivity index (χ3v) is 3.36. The molecule has 0 amide bonds. The van der Waals surface area contributed by atoms with Crippen LogP contribution in [0.15, 0.2) is 23.4 Å². The van der Waals surface area contributed by atoms with Crippen LogP contribution < -0.4 is 5.73 Å². The maximum absolute atomic E-state index is 13.1. The van der Waals surface area contributed by atoms with Crippen LogP contribution in [0.2, 0.25) is 0 Å². The summed E-state index contributed by atoms with van der Waals surface area (Å²) in [6.07, 6.45) is 0. The Kier molecular flexibility index (Phi) is 3.56. The van der Waals surface area contributed by atoms with Crippen LogP contribution >= 0.6 is 11.8 Å². The van der Waals surface area contributed by atoms with Gasteiger partial charge in [-0.1, -0.05) is 17.8 Å². The van der Waals surface area contributed by atoms with Crippen molar-refractivity contribution in [2.75, 3.05) is 0 Å². The molecule has 0 saturated carbocycles. The number of nitrogens with two attached hydrogens (primary N) is 1. The van der Waals surface area contributed by atoms with E-state index in [1.807, 2.05) is 0 Å². The molecule has 8 heteroatoms. The van der Waals surface area contributed by atoms with Gasteiger partial charge in [-0.25, -0.2) is 9.07 Å². The van der Waals surface area contributed by atoms with E-state index in [0.717, 1.165) is 5.56 Å². The summed E-state index contributed by atoms with van der Waals surface area (Å²) < 4.78 is 14.6. The fourth-order valence-corrected chi connectivity index (χ4v) is 2.27. The van der Waals surface area contributed by atoms with Gasteiger partial charge in [0.25, 0.3) is 0 Å². The normalized spacial score (nSPS) is 10.6. The van der Waals surface area contributed by atoms with Gasteiger partial charge in [-0.05, 0) is 28.1 Å². The summed E-state index contributed by atoms with van der Waals surface area (Å²) in [5.41, 5.74) is 6.60. The lowest BCUT2D eigenvalue weighted by Gasteiger charge is -2.07. The van der Waals surface area contributed by atoms with Crippen LogP contribution in [0.3, 0.4) is 0 Å². The minimum absolute atomic E-state index is 0.152. The molecule has 6 nitrogen and oxygen atoms in total. The molecule has 1 aromatic heterocycles. The molecule has 18 heavy (non-hydrogen) atoms. The van der Waals surface area contributed by atoms with Gasteiger partial charge in [-0.2, -0.15) is 0 Å². The van der Waals surface area contributed by atoms with E-state index in [-0.39, 0.29) is 5.84 Å². The topological polar surface area (TPSA) is 93.5 Å². The number of benzene rings is 1. The predicted octanol–water partition coefficient (Wildman–Crippen LogP) is 0.926. The summed E-state index contributed by atoms with van der Waals surface area (Å²) in [6.45, 7) is 0. The van der Waals surface area contributed by atoms with Gasteiger partial charge < -0.3 is 5.73 Å². The summed E-state index contributed by atoms with van der Waals surface area (Å²) in [6, 6.07) is 4.22. The molecule has 0 radical (unpaired) electrons. The molecule has 94 valence electrons. The minimum atomic E-state index is -0.408. The Morgan fingerprint density at radius 1 is 1.56 bits per heavy atom. The zero-order valence-corrected chi connectivity index (χ0v) is 10.4. The van der Waals surface area contributed by atoms with Crippen molar-refractivity contribution in [2.24, 2.45) is 12.8 Å². The largest absolute Gasteiger partial charge is 0.384 e. The number of hydrogen-bond donors (Lipinski definition) is 2. The van der Waals surface area contributed by atoms with Gasteiger partial charge in [-0.3, -0.25) is 5.41 Å². The van der Waals surface area contributed by atoms with E-state index in [1.54, 1.807) is 17.8 Å². The Morgan fingerprint density at radius 2 is 2.33 bits per heavy atom. The van der Waals surface area contributed by atoms with Gasteiger partial charge in [-0.15, -0.1) is 5.10 Å². The summed E-state index contributed by atoms with van der Waals surface area (Å²) >= 11 is 1.40. The summed E-state index contributed by atoms with van der Waals surface area (Å²) in [4.78, 5) is 0. The van der Waals surface area contributed by atoms with Gasteiger partial charge in [0.2, 0.25) is 5.16 Å². The maximum atomic E-state index is 13.1. The molecular formula is C10H11FN6S. The average molecular weight is 266 g/mol. The van der Waals surface area contributed by atoms with Crippen LogP contribution in [0, 0.1) is 11.2 Å². The van der Waals surface area contributed by atoms with Crippen molar-refractivity contribution in [1.82, 2.24) is 20.2 Å². The Hall–Kier alpha value is -1.96. The number of nitrogen functional groups attached to an aromatic ring is 1. The van der Waals surface area contributed by atoms with Crippen molar-refractivity contribution in [2.45, 2.75) is 10.9 Å². The second-order valence-corrected chi connectivity index (χ2v) is 4.53. The smallest absolute Gasteiger partial charge is 0.209 e. The molecule has 1 heterocycles. The van der Waals surface area contributed by atoms with Gasteiger partial charge in [0.05, 0.1) is 0 Å². The Bertz CT molecular complexity index is 581. The molecule has 3 N–H and O–H groups in total. The number of tetrazole rings is 1. The second kappa shape index (κ2) is 5.13. The Labute approximate surface area is 107 Å². The zero-order valence-electron chi connectivity index (χ0n) is 9.59. The van der Waals surface area contributed by atoms with E-state index >= 15 is 0 Å². The van der Waals surface area contributed by atoms with Crippen molar-refractivity contribution in [3.63, 3.8) is 0 Å². The third-order valence-electron chi connectivity index (χ3n) is 2.30. The van der Waals surface area contributed by atoms with Crippen LogP contribution in [0.25, 0.3) is 0 Å². The van der Waals surface area contributed by atoms with E-state index in [9.17, 15) is 4.39 Å². The van der Waals surface area contributed by atoms with Gasteiger partial charge >= 0.3 is 0 Å². The molecule has 0 unspecified atom stereocenters. The van der Waals surface area contributed by atoms with E-state index < -0.39 is 5.82 Å². The molecule has 0 fully saturated rings. The molecule has 0 aliphatic heterocycles. The summed E-state index contributed by atoms with van der Waals surface area (Å²) in [7, 11) is 1.73. The lowest BCUT2D eigenvalue weighted by Crippen LogP contribution is -2.14. The van der Waals surface area contributed by atoms with Crippen molar-refractivity contribution in [3.05, 3.63) is 35.1 Å². The van der Waals surface area contributed by atoms with Crippen LogP contribution in [-0.2, 0) is 12.8 Å². The number of nitrogens with zero attached hydrogens (tertiary/aromatic N) is 4. The highest BCUT2D eigenvalue weighted by Gasteiger charge is 2.09. The molecule has 2 rings (SSSR count). The van der Waals surface area contributed by atoms with E-state index in [0.29, 0.717) is 16.5 Å². The van der Waals surface area contributed by atoms with E-state index in [2.05, 4.69) is 15.5 Å². The molecule has 0 saturated heterocycles. The molecule has 0 aliphatic rings. The number of aryl methyl sites for hydroxylation is 1. The quantitative estimate of drug-likeness (QED) is 0.487. The molecule has 2 aromatic rings. The Morgan fingerprint density at radius 3 is 2.94 bits per heavy atom. The van der Waals surface area contributed by atoms with Gasteiger partial charge in [0, 0.05) is 18.4 Å². The fourth-order valence-electron chi connectivity index (χ4n) is 1.41. The molecule has 0 spiro atoms. The number of nitrogens with one attached hydrogen (secondary N) is 1. The standard InChI is InChI=1S/C10H11FN6S/c1-17-10(14-15-16-17)18-5-6-2-3-7(11)4-8(6)9(12)13/h2-4H,5H2,1H3,(H3,12,13). The number of thioether (sulfide) groups is 1. The van der Waals surface area contributed by atoms with Crippen molar-refractivity contribution < 1.29 is 4.39 Å². The summed E-state index contributed by atoms with van der Waals surface area (Å²) in [5.74, 6) is -0.0425. The van der Waals surface area contributed by atoms with E-state index in [4.69, 9.17) is 11.1 Å². The summed E-state index contributed by atoms with van der Waals surface area (Å²) in [5, 5.41) is 19.1. The van der Waals surface area contributed by atoms with Crippen LogP contribution in [0.4, 0.5) is 4.39 Å². The lowest BCUT2D eigenvalue weighted by molar-refractivity contribution is 0.627. The number of halogens is 1. The number of amidine groups is 1. The van der Waals surface area contributed by atoms with Crippen molar-refractivity contribution in [3.8, 4) is 0 Å². The molecule has 0 aliphatic carbocycles. The maximum Gasteiger partial charge on any atom is 0.209 e. The molecule has 1 aromatic carbocycles. The third kappa shape index (κ3) is 2.65. The average Bonchev–Trinajstić information content (AvgIpc) is 2.73. The van der Waals surface area contributed by atoms with Gasteiger partial charge in [0.15, 0.2) is 0 Å². The highest BCUT2D eigenvalue weighted by Crippen LogP contribution is 2.22. The van der Waals surface area contributed by atoms with Gasteiger partial charge in [0.1, 0.15) is 11.7 Å². The molecular weight excluding hydrogens is 255 g/mol. The SMILES string of the molecule is Cn1nnnc1SCc1ccc(F)cc1C(=N)N. The van der Waals surface area contributed by atoms with Crippen LogP contribution in [0.5, 0.6) is 0 Å². The first-order valence-corrected chi connectivity index (χ1v) is 6.04. The second-order valence-electron chi connectivity index (χ2n) is 3.59. The lowest BCUT2D eigenvalue weighted by atomic mass is 10.1. The highest BCUT2D eigenvalue weighted by atomic mass is 32.2. The monoisotopic (exact) mass is 266 g/mol. The first kappa shape index (κ1) is 12.5. The Balaban J connectivity index is 2.19. The fraction of sp³-hybridized carbons (Fsp3) is 0.200. The molecule has 0 atom stereocenters. The number of rotatable bonds is 4. The predicted molar refractivity (Wildman–Crippen MR) is 65.8 cm³/mol. The van der Waals surface area contributed by atoms with Crippen molar-refractivity contribution in [1.29, 1.82) is 5.41 Å². The van der Waals surface area contributed by atoms with E-state index in [1.165, 1.54) is 23.9 Å². The van der Waals surface area contributed by atoms with Crippen LogP contribution in [0.1, 0.15) is 11.1 Å². The minimum Gasteiger partial charge on any atom is -0.384 e. The first-order chi connectivity index (χ1) is 8.58. The number of hydrogen-bond acceptors (Lipinski definition) is 5. The molecule has 0 bridgehead atoms. The zero-order chi connectivity index (χ0) is 13.1.